The Bertz CT molecular complexity index is 433. The molecule has 17 heavy (non-hydrogen) atoms. The van der Waals surface area contributed by atoms with Gasteiger partial charge in [0, 0.05) is 5.41 Å². The molecule has 1 aromatic rings. The topological polar surface area (TPSA) is 79.0 Å². The maximum atomic E-state index is 11.3. The molecule has 0 aromatic carbocycles. The van der Waals surface area contributed by atoms with Gasteiger partial charge in [-0.15, -0.1) is 0 Å². The lowest BCUT2D eigenvalue weighted by molar-refractivity contribution is -0.790. The van der Waals surface area contributed by atoms with Gasteiger partial charge in [0.15, 0.2) is 0 Å². The van der Waals surface area contributed by atoms with E-state index in [-0.39, 0.29) is 11.2 Å². The lowest BCUT2D eigenvalue weighted by atomic mass is 9.49. The smallest absolute Gasteiger partial charge is 0.296 e. The van der Waals surface area contributed by atoms with Gasteiger partial charge in [-0.05, 0) is 61.4 Å². The van der Waals surface area contributed by atoms with Crippen LogP contribution in [0.25, 0.3) is 0 Å². The van der Waals surface area contributed by atoms with Crippen LogP contribution in [0.3, 0.4) is 0 Å². The van der Waals surface area contributed by atoms with Gasteiger partial charge in [-0.3, -0.25) is 0 Å². The van der Waals surface area contributed by atoms with E-state index in [2.05, 4.69) is 9.79 Å². The van der Waals surface area contributed by atoms with Crippen molar-refractivity contribution < 1.29 is 9.53 Å². The van der Waals surface area contributed by atoms with Gasteiger partial charge < -0.3 is 15.6 Å². The quantitative estimate of drug-likeness (QED) is 0.745. The molecule has 0 atom stereocenters. The molecule has 0 spiro atoms. The Morgan fingerprint density at radius 1 is 1.18 bits per heavy atom. The van der Waals surface area contributed by atoms with Gasteiger partial charge in [0.25, 0.3) is 5.82 Å². The number of hydrogen-bond donors (Lipinski definition) is 1. The van der Waals surface area contributed by atoms with Crippen LogP contribution in [0.5, 0.6) is 0 Å². The fourth-order valence-corrected chi connectivity index (χ4v) is 5.02. The number of rotatable bonds is 1. The molecule has 4 bridgehead atoms. The molecule has 2 N–H and O–H groups in total. The van der Waals surface area contributed by atoms with E-state index in [1.807, 2.05) is 0 Å². The van der Waals surface area contributed by atoms with E-state index in [9.17, 15) is 5.21 Å². The first-order chi connectivity index (χ1) is 8.16. The van der Waals surface area contributed by atoms with Gasteiger partial charge in [-0.25, -0.2) is 0 Å². The summed E-state index contributed by atoms with van der Waals surface area (Å²) in [5, 5.41) is 15.3. The summed E-state index contributed by atoms with van der Waals surface area (Å²) in [7, 11) is 0. The Morgan fingerprint density at radius 2 is 1.71 bits per heavy atom. The molecule has 0 saturated heterocycles. The van der Waals surface area contributed by atoms with E-state index < -0.39 is 0 Å². The summed E-state index contributed by atoms with van der Waals surface area (Å²) in [5.74, 6) is 2.64. The molecular weight excluding hydrogens is 218 g/mol. The molecule has 5 nitrogen and oxygen atoms in total. The molecule has 0 radical (unpaired) electrons. The average molecular weight is 235 g/mol. The van der Waals surface area contributed by atoms with E-state index >= 15 is 0 Å². The minimum atomic E-state index is 0.0536. The number of hydrogen-bond acceptors (Lipinski definition) is 4. The average Bonchev–Trinajstić information content (AvgIpc) is 2.58. The Hall–Kier alpha value is -1.26. The van der Waals surface area contributed by atoms with Gasteiger partial charge in [0.05, 0.1) is 0 Å². The third kappa shape index (κ3) is 1.20. The van der Waals surface area contributed by atoms with Crippen LogP contribution in [0.2, 0.25) is 0 Å². The molecule has 5 rings (SSSR count). The van der Waals surface area contributed by atoms with Crippen LogP contribution in [-0.2, 0) is 5.41 Å². The summed E-state index contributed by atoms with van der Waals surface area (Å²) in [4.78, 5) is 0.355. The molecule has 0 unspecified atom stereocenters. The lowest BCUT2D eigenvalue weighted by Crippen LogP contribution is -2.49. The highest BCUT2D eigenvalue weighted by molar-refractivity contribution is 5.36. The first kappa shape index (κ1) is 9.74. The molecule has 4 fully saturated rings. The maximum absolute atomic E-state index is 11.3. The normalized spacial score (nSPS) is 43.2. The van der Waals surface area contributed by atoms with Crippen LogP contribution in [0.4, 0.5) is 5.82 Å². The van der Waals surface area contributed by atoms with Crippen LogP contribution in [0.1, 0.15) is 44.2 Å². The van der Waals surface area contributed by atoms with Gasteiger partial charge in [-0.2, -0.15) is 0 Å². The zero-order valence-electron chi connectivity index (χ0n) is 9.76. The molecule has 0 amide bonds. The third-order valence-electron chi connectivity index (χ3n) is 5.19. The van der Waals surface area contributed by atoms with E-state index in [0.29, 0.717) is 4.90 Å². The first-order valence-electron chi connectivity index (χ1n) is 6.52. The monoisotopic (exact) mass is 235 g/mol. The predicted octanol–water partition coefficient (Wildman–Crippen LogP) is 1.36. The second-order valence-corrected chi connectivity index (χ2v) is 6.36. The Kier molecular flexibility index (Phi) is 1.69. The first-order valence-corrected chi connectivity index (χ1v) is 6.52. The fourth-order valence-electron chi connectivity index (χ4n) is 5.02. The molecule has 4 saturated carbocycles. The second-order valence-electron chi connectivity index (χ2n) is 6.36. The second kappa shape index (κ2) is 2.94. The van der Waals surface area contributed by atoms with Crippen LogP contribution in [-0.4, -0.2) is 5.16 Å². The molecule has 1 heterocycles. The Labute approximate surface area is 99.5 Å². The summed E-state index contributed by atoms with van der Waals surface area (Å²) in [5.41, 5.74) is 6.61. The van der Waals surface area contributed by atoms with Crippen molar-refractivity contribution in [3.8, 4) is 0 Å². The zero-order chi connectivity index (χ0) is 11.6. The summed E-state index contributed by atoms with van der Waals surface area (Å²) >= 11 is 0. The molecule has 1 aromatic heterocycles. The van der Waals surface area contributed by atoms with Crippen LogP contribution in [0.15, 0.2) is 4.63 Å². The Balaban J connectivity index is 1.80. The highest BCUT2D eigenvalue weighted by atomic mass is 16.8. The van der Waals surface area contributed by atoms with Crippen molar-refractivity contribution in [1.29, 1.82) is 0 Å². The van der Waals surface area contributed by atoms with E-state index in [0.717, 1.165) is 42.7 Å². The molecule has 5 heteroatoms. The molecule has 92 valence electrons. The molecular formula is C12H17N3O2. The number of nitrogens with two attached hydrogens (primary N) is 1. The van der Waals surface area contributed by atoms with Crippen molar-refractivity contribution in [2.45, 2.75) is 43.9 Å². The summed E-state index contributed by atoms with van der Waals surface area (Å²) < 4.78 is 4.67. The lowest BCUT2D eigenvalue weighted by Gasteiger charge is -2.55. The number of nitrogens with zero attached hydrogens (tertiary/aromatic N) is 2. The highest BCUT2D eigenvalue weighted by Crippen LogP contribution is 2.60. The number of anilines is 1. The van der Waals surface area contributed by atoms with Gasteiger partial charge >= 0.3 is 0 Å². The predicted molar refractivity (Wildman–Crippen MR) is 59.7 cm³/mol. The Morgan fingerprint density at radius 3 is 2.12 bits per heavy atom. The fraction of sp³-hybridized carbons (Fsp3) is 0.833. The largest absolute Gasteiger partial charge is 0.391 e. The van der Waals surface area contributed by atoms with Gasteiger partial charge in [0.1, 0.15) is 0 Å². The standard InChI is InChI=1S/C12H17N3O2/c13-11-10(14-17-15(11)16)12-4-7-1-8(5-12)3-9(2-7)6-12/h7-9H,1-6,13H2. The minimum absolute atomic E-state index is 0.0536. The summed E-state index contributed by atoms with van der Waals surface area (Å²) in [6, 6.07) is 0. The SMILES string of the molecule is Nc1c(C23CC4CC(CC(C4)C2)C3)no[n+]1[O-]. The van der Waals surface area contributed by atoms with Crippen molar-refractivity contribution in [2.75, 3.05) is 5.73 Å². The van der Waals surface area contributed by atoms with E-state index in [1.165, 1.54) is 19.3 Å². The maximum Gasteiger partial charge on any atom is 0.296 e. The molecule has 4 aliphatic rings. The summed E-state index contributed by atoms with van der Waals surface area (Å²) in [6.07, 6.45) is 7.55. The number of nitrogen functional groups attached to an aromatic ring is 1. The van der Waals surface area contributed by atoms with E-state index in [4.69, 9.17) is 5.73 Å². The zero-order valence-corrected chi connectivity index (χ0v) is 9.76. The summed E-state index contributed by atoms with van der Waals surface area (Å²) in [6.45, 7) is 0. The van der Waals surface area contributed by atoms with Crippen LogP contribution in [0, 0.1) is 23.0 Å². The highest BCUT2D eigenvalue weighted by Gasteiger charge is 2.55. The van der Waals surface area contributed by atoms with Gasteiger partial charge in [0.2, 0.25) is 5.69 Å². The van der Waals surface area contributed by atoms with Crippen LogP contribution < -0.4 is 10.6 Å². The minimum Gasteiger partial charge on any atom is -0.391 e. The molecule has 4 aliphatic carbocycles. The van der Waals surface area contributed by atoms with Gasteiger partial charge in [-0.1, -0.05) is 4.90 Å². The van der Waals surface area contributed by atoms with Crippen molar-refractivity contribution in [3.63, 3.8) is 0 Å². The van der Waals surface area contributed by atoms with Crippen molar-refractivity contribution >= 4 is 5.82 Å². The van der Waals surface area contributed by atoms with Crippen molar-refractivity contribution in [3.05, 3.63) is 10.9 Å². The van der Waals surface area contributed by atoms with Crippen LogP contribution >= 0.6 is 0 Å². The van der Waals surface area contributed by atoms with Crippen molar-refractivity contribution in [2.24, 2.45) is 17.8 Å². The number of aromatic nitrogens is 2. The van der Waals surface area contributed by atoms with E-state index in [1.54, 1.807) is 0 Å². The third-order valence-corrected chi connectivity index (χ3v) is 5.19. The molecule has 0 aliphatic heterocycles. The van der Waals surface area contributed by atoms with Crippen molar-refractivity contribution in [1.82, 2.24) is 5.16 Å².